The standard InChI is InChI=1S/C14H12N2OS/c1-2-12(17)15-14-16-13-10-6-4-3-5-9(10)7-8-11(13)18-14/h3-8H,2H2,1H3,(H,15,16,17). The molecule has 18 heavy (non-hydrogen) atoms. The number of carbonyl (C=O) groups excluding carboxylic acids is 1. The molecule has 0 saturated heterocycles. The molecule has 0 fully saturated rings. The normalized spacial score (nSPS) is 10.9. The first kappa shape index (κ1) is 11.2. The summed E-state index contributed by atoms with van der Waals surface area (Å²) in [5.74, 6) is -0.00152. The van der Waals surface area contributed by atoms with Crippen molar-refractivity contribution in [1.82, 2.24) is 4.98 Å². The average Bonchev–Trinajstić information content (AvgIpc) is 2.81. The number of hydrogen-bond acceptors (Lipinski definition) is 3. The summed E-state index contributed by atoms with van der Waals surface area (Å²) in [6.45, 7) is 1.83. The number of nitrogens with one attached hydrogen (secondary N) is 1. The average molecular weight is 256 g/mol. The van der Waals surface area contributed by atoms with E-state index >= 15 is 0 Å². The molecule has 0 saturated carbocycles. The van der Waals surface area contributed by atoms with Gasteiger partial charge in [-0.15, -0.1) is 0 Å². The van der Waals surface area contributed by atoms with Crippen LogP contribution in [-0.2, 0) is 4.79 Å². The summed E-state index contributed by atoms with van der Waals surface area (Å²) in [7, 11) is 0. The second-order valence-electron chi connectivity index (χ2n) is 4.05. The van der Waals surface area contributed by atoms with E-state index in [0.29, 0.717) is 11.6 Å². The molecule has 1 N–H and O–H groups in total. The number of hydrogen-bond donors (Lipinski definition) is 1. The van der Waals surface area contributed by atoms with Crippen molar-refractivity contribution in [2.45, 2.75) is 13.3 Å². The Morgan fingerprint density at radius 3 is 2.94 bits per heavy atom. The summed E-state index contributed by atoms with van der Waals surface area (Å²) in [6.07, 6.45) is 0.469. The third-order valence-corrected chi connectivity index (χ3v) is 3.79. The lowest BCUT2D eigenvalue weighted by atomic mass is 10.1. The summed E-state index contributed by atoms with van der Waals surface area (Å²) in [5, 5.41) is 5.79. The minimum absolute atomic E-state index is 0.00152. The van der Waals surface area contributed by atoms with E-state index in [1.54, 1.807) is 0 Å². The molecule has 4 heteroatoms. The minimum Gasteiger partial charge on any atom is -0.302 e. The predicted molar refractivity (Wildman–Crippen MR) is 76.0 cm³/mol. The van der Waals surface area contributed by atoms with Gasteiger partial charge in [0.15, 0.2) is 5.13 Å². The maximum absolute atomic E-state index is 11.4. The maximum Gasteiger partial charge on any atom is 0.225 e. The van der Waals surface area contributed by atoms with E-state index in [1.807, 2.05) is 19.1 Å². The lowest BCUT2D eigenvalue weighted by Crippen LogP contribution is -2.08. The fourth-order valence-corrected chi connectivity index (χ4v) is 2.82. The Morgan fingerprint density at radius 1 is 1.28 bits per heavy atom. The van der Waals surface area contributed by atoms with Crippen LogP contribution in [0.1, 0.15) is 13.3 Å². The molecule has 3 rings (SSSR count). The van der Waals surface area contributed by atoms with Crippen molar-refractivity contribution in [1.29, 1.82) is 0 Å². The van der Waals surface area contributed by atoms with Gasteiger partial charge in [-0.25, -0.2) is 4.98 Å². The third-order valence-electron chi connectivity index (χ3n) is 2.85. The van der Waals surface area contributed by atoms with Crippen LogP contribution >= 0.6 is 11.3 Å². The fourth-order valence-electron chi connectivity index (χ4n) is 1.92. The highest BCUT2D eigenvalue weighted by Gasteiger charge is 2.08. The van der Waals surface area contributed by atoms with Gasteiger partial charge in [-0.1, -0.05) is 48.6 Å². The van der Waals surface area contributed by atoms with Crippen LogP contribution in [0.4, 0.5) is 5.13 Å². The van der Waals surface area contributed by atoms with Crippen molar-refractivity contribution < 1.29 is 4.79 Å². The molecule has 0 atom stereocenters. The Hall–Kier alpha value is -1.94. The second-order valence-corrected chi connectivity index (χ2v) is 5.08. The van der Waals surface area contributed by atoms with Crippen molar-refractivity contribution in [3.05, 3.63) is 36.4 Å². The number of anilines is 1. The Kier molecular flexibility index (Phi) is 2.72. The third kappa shape index (κ3) is 1.84. The van der Waals surface area contributed by atoms with Crippen molar-refractivity contribution in [2.24, 2.45) is 0 Å². The number of nitrogens with zero attached hydrogens (tertiary/aromatic N) is 1. The van der Waals surface area contributed by atoms with E-state index in [1.165, 1.54) is 16.7 Å². The van der Waals surface area contributed by atoms with Gasteiger partial charge in [0.1, 0.15) is 0 Å². The SMILES string of the molecule is CCC(=O)Nc1nc2c(ccc3ccccc32)s1. The monoisotopic (exact) mass is 256 g/mol. The largest absolute Gasteiger partial charge is 0.302 e. The molecule has 1 aromatic heterocycles. The minimum atomic E-state index is -0.00152. The Labute approximate surface area is 108 Å². The molecular formula is C14H12N2OS. The first-order valence-corrected chi connectivity index (χ1v) is 6.67. The van der Waals surface area contributed by atoms with Crippen LogP contribution < -0.4 is 5.32 Å². The van der Waals surface area contributed by atoms with Gasteiger partial charge in [0.05, 0.1) is 10.2 Å². The molecule has 0 spiro atoms. The number of fused-ring (bicyclic) bond motifs is 3. The van der Waals surface area contributed by atoms with E-state index in [0.717, 1.165) is 15.6 Å². The lowest BCUT2D eigenvalue weighted by molar-refractivity contribution is -0.115. The molecule has 1 amide bonds. The van der Waals surface area contributed by atoms with Crippen LogP contribution in [0.2, 0.25) is 0 Å². The molecular weight excluding hydrogens is 244 g/mol. The lowest BCUT2D eigenvalue weighted by Gasteiger charge is -1.97. The van der Waals surface area contributed by atoms with Crippen LogP contribution in [0.5, 0.6) is 0 Å². The topological polar surface area (TPSA) is 42.0 Å². The highest BCUT2D eigenvalue weighted by molar-refractivity contribution is 7.22. The van der Waals surface area contributed by atoms with Crippen LogP contribution in [0.25, 0.3) is 21.0 Å². The Morgan fingerprint density at radius 2 is 2.11 bits per heavy atom. The van der Waals surface area contributed by atoms with Gasteiger partial charge in [-0.05, 0) is 11.5 Å². The van der Waals surface area contributed by atoms with E-state index in [9.17, 15) is 4.79 Å². The molecule has 0 radical (unpaired) electrons. The van der Waals surface area contributed by atoms with Gasteiger partial charge in [-0.3, -0.25) is 4.79 Å². The molecule has 3 nitrogen and oxygen atoms in total. The summed E-state index contributed by atoms with van der Waals surface area (Å²) < 4.78 is 1.10. The summed E-state index contributed by atoms with van der Waals surface area (Å²) in [5.41, 5.74) is 0.963. The van der Waals surface area contributed by atoms with Crippen molar-refractivity contribution in [3.63, 3.8) is 0 Å². The first-order chi connectivity index (χ1) is 8.78. The number of benzene rings is 2. The number of amides is 1. The van der Waals surface area contributed by atoms with Gasteiger partial charge >= 0.3 is 0 Å². The van der Waals surface area contributed by atoms with Crippen LogP contribution in [0.15, 0.2) is 36.4 Å². The van der Waals surface area contributed by atoms with Gasteiger partial charge < -0.3 is 5.32 Å². The molecule has 3 aromatic rings. The number of carbonyl (C=O) groups is 1. The van der Waals surface area contributed by atoms with Crippen LogP contribution in [0, 0.1) is 0 Å². The molecule has 90 valence electrons. The van der Waals surface area contributed by atoms with E-state index in [4.69, 9.17) is 0 Å². The first-order valence-electron chi connectivity index (χ1n) is 5.86. The zero-order valence-electron chi connectivity index (χ0n) is 9.93. The molecule has 0 aliphatic carbocycles. The van der Waals surface area contributed by atoms with Crippen LogP contribution in [0.3, 0.4) is 0 Å². The van der Waals surface area contributed by atoms with Gasteiger partial charge in [0.25, 0.3) is 0 Å². The smallest absolute Gasteiger partial charge is 0.225 e. The molecule has 2 aromatic carbocycles. The van der Waals surface area contributed by atoms with Gasteiger partial charge in [-0.2, -0.15) is 0 Å². The number of rotatable bonds is 2. The zero-order valence-corrected chi connectivity index (χ0v) is 10.8. The molecule has 0 aliphatic rings. The molecule has 0 bridgehead atoms. The van der Waals surface area contributed by atoms with Gasteiger partial charge in [0, 0.05) is 11.8 Å². The van der Waals surface area contributed by atoms with Crippen molar-refractivity contribution >= 4 is 43.4 Å². The van der Waals surface area contributed by atoms with E-state index in [-0.39, 0.29) is 5.91 Å². The van der Waals surface area contributed by atoms with Gasteiger partial charge in [0.2, 0.25) is 5.91 Å². The Balaban J connectivity index is 2.16. The highest BCUT2D eigenvalue weighted by Crippen LogP contribution is 2.31. The highest BCUT2D eigenvalue weighted by atomic mass is 32.1. The predicted octanol–water partition coefficient (Wildman–Crippen LogP) is 3.80. The van der Waals surface area contributed by atoms with E-state index < -0.39 is 0 Å². The quantitative estimate of drug-likeness (QED) is 0.757. The summed E-state index contributed by atoms with van der Waals surface area (Å²) in [4.78, 5) is 15.9. The second kappa shape index (κ2) is 4.38. The summed E-state index contributed by atoms with van der Waals surface area (Å²) >= 11 is 1.51. The number of thiazole rings is 1. The zero-order chi connectivity index (χ0) is 12.5. The van der Waals surface area contributed by atoms with Crippen LogP contribution in [-0.4, -0.2) is 10.9 Å². The summed E-state index contributed by atoms with van der Waals surface area (Å²) in [6, 6.07) is 12.3. The van der Waals surface area contributed by atoms with Crippen molar-refractivity contribution in [2.75, 3.05) is 5.32 Å². The van der Waals surface area contributed by atoms with E-state index in [2.05, 4.69) is 34.6 Å². The van der Waals surface area contributed by atoms with Crippen molar-refractivity contribution in [3.8, 4) is 0 Å². The maximum atomic E-state index is 11.4. The molecule has 0 unspecified atom stereocenters. The Bertz CT molecular complexity index is 733. The fraction of sp³-hybridized carbons (Fsp3) is 0.143. The molecule has 0 aliphatic heterocycles. The number of aromatic nitrogens is 1. The molecule has 1 heterocycles.